The van der Waals surface area contributed by atoms with Crippen LogP contribution >= 0.6 is 0 Å². The van der Waals surface area contributed by atoms with Crippen molar-refractivity contribution in [3.63, 3.8) is 0 Å². The van der Waals surface area contributed by atoms with Crippen molar-refractivity contribution in [2.24, 2.45) is 7.05 Å². The maximum absolute atomic E-state index is 11.7. The number of carbonyl (C=O) groups excluding carboxylic acids is 2. The fourth-order valence-electron chi connectivity index (χ4n) is 1.63. The van der Waals surface area contributed by atoms with Gasteiger partial charge in [0.1, 0.15) is 6.04 Å². The number of nitrogens with one attached hydrogen (secondary N) is 3. The van der Waals surface area contributed by atoms with Gasteiger partial charge in [-0.25, -0.2) is 0 Å². The van der Waals surface area contributed by atoms with Gasteiger partial charge in [-0.1, -0.05) is 0 Å². The van der Waals surface area contributed by atoms with E-state index in [1.165, 1.54) is 0 Å². The van der Waals surface area contributed by atoms with Crippen LogP contribution in [0.15, 0.2) is 12.4 Å². The summed E-state index contributed by atoms with van der Waals surface area (Å²) in [6, 6.07) is -0.357. The smallest absolute Gasteiger partial charge is 0.239 e. The van der Waals surface area contributed by atoms with Crippen molar-refractivity contribution in [1.29, 1.82) is 0 Å². The maximum Gasteiger partial charge on any atom is 0.239 e. The van der Waals surface area contributed by atoms with E-state index in [2.05, 4.69) is 21.0 Å². The van der Waals surface area contributed by atoms with E-state index in [1.54, 1.807) is 10.9 Å². The number of amides is 2. The molecular weight excluding hydrogens is 222 g/mol. The first-order valence-electron chi connectivity index (χ1n) is 5.40. The molecule has 2 heterocycles. The molecule has 0 radical (unpaired) electrons. The Hall–Kier alpha value is -1.89. The normalized spacial score (nSPS) is 19.8. The van der Waals surface area contributed by atoms with Crippen molar-refractivity contribution in [2.75, 3.05) is 13.1 Å². The summed E-state index contributed by atoms with van der Waals surface area (Å²) in [5.41, 5.74) is 0.945. The number of hydrogen-bond donors (Lipinski definition) is 3. The van der Waals surface area contributed by atoms with Crippen LogP contribution in [-0.4, -0.2) is 40.7 Å². The Morgan fingerprint density at radius 1 is 1.71 bits per heavy atom. The van der Waals surface area contributed by atoms with Crippen molar-refractivity contribution in [3.05, 3.63) is 18.0 Å². The highest BCUT2D eigenvalue weighted by molar-refractivity contribution is 5.86. The van der Waals surface area contributed by atoms with Crippen LogP contribution in [0.3, 0.4) is 0 Å². The molecule has 0 bridgehead atoms. The number of rotatable bonds is 3. The molecule has 92 valence electrons. The lowest BCUT2D eigenvalue weighted by Gasteiger charge is -2.22. The van der Waals surface area contributed by atoms with E-state index in [0.29, 0.717) is 13.1 Å². The molecule has 1 aliphatic heterocycles. The van der Waals surface area contributed by atoms with E-state index in [-0.39, 0.29) is 24.4 Å². The van der Waals surface area contributed by atoms with Gasteiger partial charge in [0.15, 0.2) is 0 Å². The van der Waals surface area contributed by atoms with Crippen molar-refractivity contribution in [1.82, 2.24) is 25.7 Å². The molecule has 2 amide bonds. The molecule has 0 spiro atoms. The van der Waals surface area contributed by atoms with E-state index in [4.69, 9.17) is 0 Å². The van der Waals surface area contributed by atoms with Gasteiger partial charge in [-0.15, -0.1) is 0 Å². The molecular formula is C10H15N5O2. The molecule has 0 aliphatic carbocycles. The largest absolute Gasteiger partial charge is 0.353 e. The van der Waals surface area contributed by atoms with Gasteiger partial charge in [-0.05, 0) is 0 Å². The number of piperazine rings is 1. The third-order valence-electron chi connectivity index (χ3n) is 2.55. The Balaban J connectivity index is 1.79. The summed E-state index contributed by atoms with van der Waals surface area (Å²) in [6.45, 7) is 0.960. The lowest BCUT2D eigenvalue weighted by Crippen LogP contribution is -2.57. The molecule has 1 fully saturated rings. The minimum atomic E-state index is -0.357. The van der Waals surface area contributed by atoms with Gasteiger partial charge in [0.05, 0.1) is 12.7 Å². The topological polar surface area (TPSA) is 88.0 Å². The van der Waals surface area contributed by atoms with E-state index >= 15 is 0 Å². The van der Waals surface area contributed by atoms with E-state index < -0.39 is 0 Å². The summed E-state index contributed by atoms with van der Waals surface area (Å²) in [5.74, 6) is -0.199. The predicted octanol–water partition coefficient (Wildman–Crippen LogP) is -1.88. The molecule has 1 atom stereocenters. The minimum absolute atomic E-state index is 0.0821. The second kappa shape index (κ2) is 4.96. The van der Waals surface area contributed by atoms with Gasteiger partial charge in [0.2, 0.25) is 11.8 Å². The van der Waals surface area contributed by atoms with Gasteiger partial charge < -0.3 is 10.6 Å². The zero-order valence-electron chi connectivity index (χ0n) is 9.56. The van der Waals surface area contributed by atoms with E-state index in [9.17, 15) is 9.59 Å². The van der Waals surface area contributed by atoms with Crippen molar-refractivity contribution < 1.29 is 9.59 Å². The van der Waals surface area contributed by atoms with Crippen LogP contribution in [0, 0.1) is 0 Å². The lowest BCUT2D eigenvalue weighted by molar-refractivity contribution is -0.126. The zero-order chi connectivity index (χ0) is 12.3. The molecule has 17 heavy (non-hydrogen) atoms. The summed E-state index contributed by atoms with van der Waals surface area (Å²) < 4.78 is 1.68. The van der Waals surface area contributed by atoms with E-state index in [0.717, 1.165) is 5.56 Å². The van der Waals surface area contributed by atoms with Gasteiger partial charge >= 0.3 is 0 Å². The quantitative estimate of drug-likeness (QED) is 0.574. The number of nitrogens with zero attached hydrogens (tertiary/aromatic N) is 2. The van der Waals surface area contributed by atoms with Crippen LogP contribution in [0.2, 0.25) is 0 Å². The molecule has 7 nitrogen and oxygen atoms in total. The molecule has 0 saturated carbocycles. The van der Waals surface area contributed by atoms with Crippen LogP contribution in [0.25, 0.3) is 0 Å². The second-order valence-electron chi connectivity index (χ2n) is 3.98. The van der Waals surface area contributed by atoms with Crippen molar-refractivity contribution >= 4 is 11.8 Å². The first-order valence-corrected chi connectivity index (χ1v) is 5.40. The molecule has 2 rings (SSSR count). The molecule has 7 heteroatoms. The average molecular weight is 237 g/mol. The highest BCUT2D eigenvalue weighted by Gasteiger charge is 2.23. The molecule has 1 saturated heterocycles. The average Bonchev–Trinajstić information content (AvgIpc) is 2.73. The Bertz CT molecular complexity index is 418. The Morgan fingerprint density at radius 2 is 2.53 bits per heavy atom. The molecule has 1 aromatic heterocycles. The van der Waals surface area contributed by atoms with Gasteiger partial charge in [-0.3, -0.25) is 19.6 Å². The minimum Gasteiger partial charge on any atom is -0.353 e. The third kappa shape index (κ3) is 3.04. The molecule has 1 aliphatic rings. The maximum atomic E-state index is 11.7. The van der Waals surface area contributed by atoms with E-state index in [1.807, 2.05) is 13.2 Å². The zero-order valence-corrected chi connectivity index (χ0v) is 9.56. The summed E-state index contributed by atoms with van der Waals surface area (Å²) in [6.07, 6.45) is 3.55. The predicted molar refractivity (Wildman–Crippen MR) is 59.9 cm³/mol. The monoisotopic (exact) mass is 237 g/mol. The Kier molecular flexibility index (Phi) is 3.38. The highest BCUT2D eigenvalue weighted by atomic mass is 16.2. The highest BCUT2D eigenvalue weighted by Crippen LogP contribution is 1.96. The van der Waals surface area contributed by atoms with Crippen molar-refractivity contribution in [2.45, 2.75) is 12.6 Å². The van der Waals surface area contributed by atoms with Crippen molar-refractivity contribution in [3.8, 4) is 0 Å². The number of hydrogen-bond acceptors (Lipinski definition) is 4. The Labute approximate surface area is 98.6 Å². The van der Waals surface area contributed by atoms with Crippen LogP contribution in [0.1, 0.15) is 5.56 Å². The number of carbonyl (C=O) groups is 2. The summed E-state index contributed by atoms with van der Waals surface area (Å²) in [5, 5.41) is 12.3. The summed E-state index contributed by atoms with van der Waals surface area (Å²) in [7, 11) is 1.82. The first kappa shape index (κ1) is 11.6. The third-order valence-corrected chi connectivity index (χ3v) is 2.55. The van der Waals surface area contributed by atoms with Crippen LogP contribution < -0.4 is 16.0 Å². The first-order chi connectivity index (χ1) is 8.15. The fraction of sp³-hybridized carbons (Fsp3) is 0.500. The van der Waals surface area contributed by atoms with Crippen LogP contribution in [0.5, 0.6) is 0 Å². The van der Waals surface area contributed by atoms with Gasteiger partial charge in [0.25, 0.3) is 0 Å². The van der Waals surface area contributed by atoms with Gasteiger partial charge in [0, 0.05) is 31.9 Å². The molecule has 3 N–H and O–H groups in total. The molecule has 0 aromatic carbocycles. The Morgan fingerprint density at radius 3 is 3.12 bits per heavy atom. The summed E-state index contributed by atoms with van der Waals surface area (Å²) >= 11 is 0. The second-order valence-corrected chi connectivity index (χ2v) is 3.98. The standard InChI is InChI=1S/C10H15N5O2/c1-15-6-7(3-14-15)2-13-10(17)8-4-12-9(16)5-11-8/h3,6,8,11H,2,4-5H2,1H3,(H,12,16)(H,13,17). The molecule has 1 unspecified atom stereocenters. The fourth-order valence-corrected chi connectivity index (χ4v) is 1.63. The van der Waals surface area contributed by atoms with Crippen LogP contribution in [-0.2, 0) is 23.2 Å². The number of aryl methyl sites for hydroxylation is 1. The summed E-state index contributed by atoms with van der Waals surface area (Å²) in [4.78, 5) is 22.6. The number of aromatic nitrogens is 2. The van der Waals surface area contributed by atoms with Gasteiger partial charge in [-0.2, -0.15) is 5.10 Å². The SMILES string of the molecule is Cn1cc(CNC(=O)C2CNC(=O)CN2)cn1. The molecule has 1 aromatic rings. The van der Waals surface area contributed by atoms with Crippen LogP contribution in [0.4, 0.5) is 0 Å². The lowest BCUT2D eigenvalue weighted by atomic mass is 10.2.